The van der Waals surface area contributed by atoms with E-state index in [0.29, 0.717) is 5.75 Å². The highest BCUT2D eigenvalue weighted by Gasteiger charge is 2.25. The van der Waals surface area contributed by atoms with E-state index in [0.717, 1.165) is 17.7 Å². The number of nitrogens with zero attached hydrogens (tertiary/aromatic N) is 1. The minimum Gasteiger partial charge on any atom is -0.467 e. The van der Waals surface area contributed by atoms with E-state index in [2.05, 4.69) is 10.3 Å². The molecule has 0 fully saturated rings. The Balaban J connectivity index is 1.58. The summed E-state index contributed by atoms with van der Waals surface area (Å²) in [6.07, 6.45) is 2.32. The molecular formula is C25H28N2O5S. The summed E-state index contributed by atoms with van der Waals surface area (Å²) in [7, 11) is 1.28. The number of ether oxygens (including phenoxy) is 3. The highest BCUT2D eigenvalue weighted by molar-refractivity contribution is 7.09. The van der Waals surface area contributed by atoms with E-state index >= 15 is 0 Å². The molecular weight excluding hydrogens is 440 g/mol. The maximum Gasteiger partial charge on any atom is 0.408 e. The lowest BCUT2D eigenvalue weighted by Gasteiger charge is -2.22. The highest BCUT2D eigenvalue weighted by atomic mass is 32.1. The van der Waals surface area contributed by atoms with Gasteiger partial charge in [0.2, 0.25) is 0 Å². The number of carbonyl (C=O) groups is 2. The zero-order valence-corrected chi connectivity index (χ0v) is 20.0. The molecule has 1 amide bonds. The van der Waals surface area contributed by atoms with Gasteiger partial charge in [0.1, 0.15) is 23.1 Å². The smallest absolute Gasteiger partial charge is 0.408 e. The lowest BCUT2D eigenvalue weighted by Crippen LogP contribution is -2.45. The number of thiazole rings is 1. The van der Waals surface area contributed by atoms with Crippen LogP contribution >= 0.6 is 11.3 Å². The van der Waals surface area contributed by atoms with Crippen LogP contribution in [-0.4, -0.2) is 35.8 Å². The van der Waals surface area contributed by atoms with Gasteiger partial charge in [0, 0.05) is 23.9 Å². The van der Waals surface area contributed by atoms with E-state index in [1.807, 2.05) is 60.2 Å². The summed E-state index contributed by atoms with van der Waals surface area (Å²) in [6.45, 7) is 5.27. The predicted molar refractivity (Wildman–Crippen MR) is 127 cm³/mol. The average Bonchev–Trinajstić information content (AvgIpc) is 3.27. The molecule has 3 aromatic rings. The van der Waals surface area contributed by atoms with Gasteiger partial charge in [-0.25, -0.2) is 9.59 Å². The van der Waals surface area contributed by atoms with Crippen LogP contribution in [0.2, 0.25) is 0 Å². The average molecular weight is 469 g/mol. The Morgan fingerprint density at radius 1 is 1.00 bits per heavy atom. The van der Waals surface area contributed by atoms with Crippen molar-refractivity contribution in [3.63, 3.8) is 0 Å². The Morgan fingerprint density at radius 3 is 2.12 bits per heavy atom. The van der Waals surface area contributed by atoms with E-state index in [4.69, 9.17) is 14.2 Å². The lowest BCUT2D eigenvalue weighted by molar-refractivity contribution is -0.143. The second-order valence-corrected chi connectivity index (χ2v) is 9.43. The van der Waals surface area contributed by atoms with Gasteiger partial charge in [-0.1, -0.05) is 24.3 Å². The van der Waals surface area contributed by atoms with Crippen molar-refractivity contribution in [3.05, 3.63) is 76.2 Å². The van der Waals surface area contributed by atoms with Gasteiger partial charge in [0.15, 0.2) is 0 Å². The highest BCUT2D eigenvalue weighted by Crippen LogP contribution is 2.24. The van der Waals surface area contributed by atoms with E-state index < -0.39 is 23.7 Å². The molecule has 7 nitrogen and oxygen atoms in total. The standard InChI is InChI=1S/C25H28N2O5S/c1-25(2,3)32-24(29)27-22(23(28)30-4)14-18-7-11-20(12-8-18)31-19-9-5-17(6-10-19)13-21-15-26-16-33-21/h5-12,15-16,22H,13-14H2,1-4H3,(H,27,29). The summed E-state index contributed by atoms with van der Waals surface area (Å²) < 4.78 is 16.0. The second-order valence-electron chi connectivity index (χ2n) is 8.46. The Hall–Kier alpha value is -3.39. The van der Waals surface area contributed by atoms with E-state index in [1.54, 1.807) is 32.1 Å². The van der Waals surface area contributed by atoms with Gasteiger partial charge in [-0.2, -0.15) is 0 Å². The molecule has 0 saturated heterocycles. The quantitative estimate of drug-likeness (QED) is 0.461. The Kier molecular flexibility index (Phi) is 8.06. The van der Waals surface area contributed by atoms with Gasteiger partial charge in [-0.15, -0.1) is 11.3 Å². The number of carbonyl (C=O) groups excluding carboxylic acids is 2. The third-order valence-corrected chi connectivity index (χ3v) is 5.34. The van der Waals surface area contributed by atoms with Crippen molar-refractivity contribution in [2.24, 2.45) is 0 Å². The predicted octanol–water partition coefficient (Wildman–Crippen LogP) is 5.14. The molecule has 1 unspecified atom stereocenters. The van der Waals surface area contributed by atoms with Gasteiger partial charge < -0.3 is 19.5 Å². The number of rotatable bonds is 8. The number of alkyl carbamates (subject to hydrolysis) is 1. The number of hydrogen-bond donors (Lipinski definition) is 1. The van der Waals surface area contributed by atoms with Crippen LogP contribution in [0.5, 0.6) is 11.5 Å². The molecule has 0 radical (unpaired) electrons. The fourth-order valence-corrected chi connectivity index (χ4v) is 3.69. The van der Waals surface area contributed by atoms with Gasteiger partial charge in [-0.3, -0.25) is 4.98 Å². The van der Waals surface area contributed by atoms with Crippen LogP contribution < -0.4 is 10.1 Å². The summed E-state index contributed by atoms with van der Waals surface area (Å²) in [5.41, 5.74) is 3.20. The topological polar surface area (TPSA) is 86.8 Å². The molecule has 0 bridgehead atoms. The van der Waals surface area contributed by atoms with Gasteiger partial charge in [-0.05, 0) is 56.2 Å². The third-order valence-electron chi connectivity index (χ3n) is 4.56. The first kappa shape index (κ1) is 24.3. The van der Waals surface area contributed by atoms with Crippen molar-refractivity contribution in [1.82, 2.24) is 10.3 Å². The first-order valence-corrected chi connectivity index (χ1v) is 11.4. The molecule has 8 heteroatoms. The number of hydrogen-bond acceptors (Lipinski definition) is 7. The maximum atomic E-state index is 12.1. The molecule has 1 atom stereocenters. The number of benzene rings is 2. The fraction of sp³-hybridized carbons (Fsp3) is 0.320. The summed E-state index contributed by atoms with van der Waals surface area (Å²) in [5.74, 6) is 0.859. The molecule has 0 aliphatic carbocycles. The lowest BCUT2D eigenvalue weighted by atomic mass is 10.1. The number of methoxy groups -OCH3 is 1. The normalized spacial score (nSPS) is 12.0. The van der Waals surface area contributed by atoms with Gasteiger partial charge >= 0.3 is 12.1 Å². The minimum atomic E-state index is -0.859. The summed E-state index contributed by atoms with van der Waals surface area (Å²) in [6, 6.07) is 14.4. The molecule has 174 valence electrons. The first-order valence-electron chi connectivity index (χ1n) is 10.5. The SMILES string of the molecule is COC(=O)C(Cc1ccc(Oc2ccc(Cc3cncs3)cc2)cc1)NC(=O)OC(C)(C)C. The molecule has 3 rings (SSSR count). The fourth-order valence-electron chi connectivity index (χ4n) is 3.06. The van der Waals surface area contributed by atoms with Crippen molar-refractivity contribution in [2.45, 2.75) is 45.3 Å². The van der Waals surface area contributed by atoms with Crippen molar-refractivity contribution in [3.8, 4) is 11.5 Å². The van der Waals surface area contributed by atoms with Gasteiger partial charge in [0.25, 0.3) is 0 Å². The van der Waals surface area contributed by atoms with Crippen molar-refractivity contribution >= 4 is 23.4 Å². The number of amides is 1. The van der Waals surface area contributed by atoms with Crippen LogP contribution in [0.4, 0.5) is 4.79 Å². The largest absolute Gasteiger partial charge is 0.467 e. The molecule has 1 heterocycles. The van der Waals surface area contributed by atoms with Crippen molar-refractivity contribution in [1.29, 1.82) is 0 Å². The molecule has 0 saturated carbocycles. The minimum absolute atomic E-state index is 0.262. The number of nitrogens with one attached hydrogen (secondary N) is 1. The Bertz CT molecular complexity index is 1040. The van der Waals surface area contributed by atoms with Crippen molar-refractivity contribution in [2.75, 3.05) is 7.11 Å². The molecule has 0 aliphatic heterocycles. The van der Waals surface area contributed by atoms with Crippen LogP contribution in [0.3, 0.4) is 0 Å². The van der Waals surface area contributed by atoms with Crippen LogP contribution in [0.1, 0.15) is 36.8 Å². The monoisotopic (exact) mass is 468 g/mol. The summed E-state index contributed by atoms with van der Waals surface area (Å²) >= 11 is 1.64. The zero-order valence-electron chi connectivity index (χ0n) is 19.2. The summed E-state index contributed by atoms with van der Waals surface area (Å²) in [4.78, 5) is 29.5. The van der Waals surface area contributed by atoms with Crippen LogP contribution in [-0.2, 0) is 27.1 Å². The molecule has 2 aromatic carbocycles. The van der Waals surface area contributed by atoms with Crippen molar-refractivity contribution < 1.29 is 23.8 Å². The number of esters is 1. The third kappa shape index (κ3) is 7.91. The van der Waals surface area contributed by atoms with Gasteiger partial charge in [0.05, 0.1) is 12.6 Å². The number of aromatic nitrogens is 1. The van der Waals surface area contributed by atoms with Crippen LogP contribution in [0.15, 0.2) is 60.2 Å². The second kappa shape index (κ2) is 11.0. The molecule has 0 aliphatic rings. The molecule has 33 heavy (non-hydrogen) atoms. The van der Waals surface area contributed by atoms with Crippen LogP contribution in [0.25, 0.3) is 0 Å². The Morgan fingerprint density at radius 2 is 1.61 bits per heavy atom. The van der Waals surface area contributed by atoms with E-state index in [9.17, 15) is 9.59 Å². The molecule has 0 spiro atoms. The summed E-state index contributed by atoms with van der Waals surface area (Å²) in [5, 5.41) is 2.58. The van der Waals surface area contributed by atoms with E-state index in [1.165, 1.54) is 17.6 Å². The molecule has 1 N–H and O–H groups in total. The van der Waals surface area contributed by atoms with Crippen LogP contribution in [0, 0.1) is 0 Å². The zero-order chi connectivity index (χ0) is 23.8. The maximum absolute atomic E-state index is 12.1. The van der Waals surface area contributed by atoms with E-state index in [-0.39, 0.29) is 6.42 Å². The molecule has 1 aromatic heterocycles. The first-order chi connectivity index (χ1) is 15.7. The Labute approximate surface area is 197 Å².